The summed E-state index contributed by atoms with van der Waals surface area (Å²) >= 11 is 0. The molecule has 0 saturated heterocycles. The molecule has 1 aromatic rings. The Hall–Kier alpha value is -1.04. The summed E-state index contributed by atoms with van der Waals surface area (Å²) in [6.45, 7) is 5.48. The van der Waals surface area contributed by atoms with E-state index in [1.54, 1.807) is 6.20 Å². The Kier molecular flexibility index (Phi) is 6.34. The first-order valence-electron chi connectivity index (χ1n) is 6.76. The molecule has 0 aromatic carbocycles. The Bertz CT molecular complexity index is 360. The van der Waals surface area contributed by atoms with Gasteiger partial charge < -0.3 is 9.88 Å². The molecule has 3 nitrogen and oxygen atoms in total. The van der Waals surface area contributed by atoms with Crippen LogP contribution < -0.4 is 5.32 Å². The maximum absolute atomic E-state index is 12.3. The molecular formula is C13H22F3N3. The van der Waals surface area contributed by atoms with Gasteiger partial charge in [-0.1, -0.05) is 13.8 Å². The van der Waals surface area contributed by atoms with E-state index >= 15 is 0 Å². The molecule has 1 rings (SSSR count). The summed E-state index contributed by atoms with van der Waals surface area (Å²) < 4.78 is 38.9. The fraction of sp³-hybridized carbons (Fsp3) is 0.769. The minimum atomic E-state index is -4.09. The summed E-state index contributed by atoms with van der Waals surface area (Å²) in [4.78, 5) is 4.24. The van der Waals surface area contributed by atoms with Crippen LogP contribution in [0, 0.1) is 0 Å². The number of nitrogens with one attached hydrogen (secondary N) is 1. The van der Waals surface area contributed by atoms with E-state index in [0.717, 1.165) is 18.8 Å². The predicted molar refractivity (Wildman–Crippen MR) is 69.0 cm³/mol. The zero-order valence-corrected chi connectivity index (χ0v) is 11.5. The number of hydrogen-bond acceptors (Lipinski definition) is 2. The molecule has 0 amide bonds. The number of imidazole rings is 1. The molecule has 0 spiro atoms. The molecule has 1 unspecified atom stereocenters. The Morgan fingerprint density at radius 1 is 1.37 bits per heavy atom. The van der Waals surface area contributed by atoms with Crippen molar-refractivity contribution in [1.82, 2.24) is 14.9 Å². The normalized spacial score (nSPS) is 13.7. The summed E-state index contributed by atoms with van der Waals surface area (Å²) in [7, 11) is 0. The van der Waals surface area contributed by atoms with Gasteiger partial charge in [-0.25, -0.2) is 4.98 Å². The zero-order chi connectivity index (χ0) is 14.3. The Labute approximate surface area is 112 Å². The van der Waals surface area contributed by atoms with Crippen molar-refractivity contribution in [2.75, 3.05) is 6.54 Å². The number of aryl methyl sites for hydroxylation is 1. The molecule has 0 bridgehead atoms. The van der Waals surface area contributed by atoms with Gasteiger partial charge in [0.15, 0.2) is 0 Å². The largest absolute Gasteiger partial charge is 0.389 e. The monoisotopic (exact) mass is 277 g/mol. The molecule has 1 atom stereocenters. The molecule has 6 heteroatoms. The van der Waals surface area contributed by atoms with Crippen molar-refractivity contribution in [3.05, 3.63) is 18.2 Å². The standard InChI is InChI=1S/C13H22F3N3/c1-3-8-19-9-7-18-12(19)10-11(17-4-2)5-6-13(14,15)16/h7,9,11,17H,3-6,8,10H2,1-2H3. The highest BCUT2D eigenvalue weighted by Crippen LogP contribution is 2.23. The van der Waals surface area contributed by atoms with Gasteiger partial charge in [0.25, 0.3) is 0 Å². The third-order valence-electron chi connectivity index (χ3n) is 2.96. The van der Waals surface area contributed by atoms with E-state index < -0.39 is 12.6 Å². The minimum absolute atomic E-state index is 0.0936. The van der Waals surface area contributed by atoms with E-state index in [4.69, 9.17) is 0 Å². The number of nitrogens with zero attached hydrogens (tertiary/aromatic N) is 2. The van der Waals surface area contributed by atoms with Crippen LogP contribution in [0.2, 0.25) is 0 Å². The molecule has 0 aliphatic carbocycles. The van der Waals surface area contributed by atoms with Crippen molar-refractivity contribution >= 4 is 0 Å². The molecule has 1 heterocycles. The third-order valence-corrected chi connectivity index (χ3v) is 2.96. The Morgan fingerprint density at radius 3 is 2.68 bits per heavy atom. The van der Waals surface area contributed by atoms with Crippen molar-refractivity contribution in [1.29, 1.82) is 0 Å². The first-order chi connectivity index (χ1) is 8.96. The number of alkyl halides is 3. The molecule has 0 saturated carbocycles. The summed E-state index contributed by atoms with van der Waals surface area (Å²) in [6, 6.07) is -0.176. The van der Waals surface area contributed by atoms with E-state index in [2.05, 4.69) is 17.2 Å². The molecule has 0 aliphatic heterocycles. The first kappa shape index (κ1) is 16.0. The second-order valence-corrected chi connectivity index (χ2v) is 4.65. The van der Waals surface area contributed by atoms with Crippen molar-refractivity contribution in [3.8, 4) is 0 Å². The molecule has 19 heavy (non-hydrogen) atoms. The van der Waals surface area contributed by atoms with Gasteiger partial charge in [0, 0.05) is 37.8 Å². The summed E-state index contributed by atoms with van der Waals surface area (Å²) in [5.41, 5.74) is 0. The molecule has 1 N–H and O–H groups in total. The van der Waals surface area contributed by atoms with E-state index in [0.29, 0.717) is 13.0 Å². The molecule has 1 aromatic heterocycles. The van der Waals surface area contributed by atoms with Gasteiger partial charge in [-0.05, 0) is 19.4 Å². The van der Waals surface area contributed by atoms with E-state index in [1.165, 1.54) is 0 Å². The summed E-state index contributed by atoms with van der Waals surface area (Å²) in [6.07, 6.45) is 0.361. The van der Waals surface area contributed by atoms with Crippen molar-refractivity contribution < 1.29 is 13.2 Å². The van der Waals surface area contributed by atoms with Crippen molar-refractivity contribution in [3.63, 3.8) is 0 Å². The average Bonchev–Trinajstić information content (AvgIpc) is 2.73. The summed E-state index contributed by atoms with van der Waals surface area (Å²) in [5.74, 6) is 0.856. The van der Waals surface area contributed by atoms with Crippen LogP contribution in [-0.2, 0) is 13.0 Å². The third kappa shape index (κ3) is 6.09. The topological polar surface area (TPSA) is 29.9 Å². The van der Waals surface area contributed by atoms with E-state index in [9.17, 15) is 13.2 Å². The first-order valence-corrected chi connectivity index (χ1v) is 6.76. The second-order valence-electron chi connectivity index (χ2n) is 4.65. The van der Waals surface area contributed by atoms with Gasteiger partial charge in [0.2, 0.25) is 0 Å². The maximum atomic E-state index is 12.3. The summed E-state index contributed by atoms with van der Waals surface area (Å²) in [5, 5.41) is 3.11. The average molecular weight is 277 g/mol. The van der Waals surface area contributed by atoms with E-state index in [1.807, 2.05) is 17.7 Å². The number of aromatic nitrogens is 2. The van der Waals surface area contributed by atoms with Gasteiger partial charge in [-0.2, -0.15) is 13.2 Å². The van der Waals surface area contributed by atoms with Crippen molar-refractivity contribution in [2.24, 2.45) is 0 Å². The molecular weight excluding hydrogens is 255 g/mol. The lowest BCUT2D eigenvalue weighted by atomic mass is 10.1. The van der Waals surface area contributed by atoms with Crippen LogP contribution in [0.4, 0.5) is 13.2 Å². The number of hydrogen-bond donors (Lipinski definition) is 1. The molecule has 0 fully saturated rings. The van der Waals surface area contributed by atoms with Crippen LogP contribution in [0.25, 0.3) is 0 Å². The van der Waals surface area contributed by atoms with Gasteiger partial charge in [0.1, 0.15) is 5.82 Å². The van der Waals surface area contributed by atoms with Crippen LogP contribution in [0.3, 0.4) is 0 Å². The van der Waals surface area contributed by atoms with Crippen LogP contribution in [0.5, 0.6) is 0 Å². The smallest absolute Gasteiger partial charge is 0.335 e. The lowest BCUT2D eigenvalue weighted by molar-refractivity contribution is -0.136. The minimum Gasteiger partial charge on any atom is -0.335 e. The fourth-order valence-electron chi connectivity index (χ4n) is 2.10. The van der Waals surface area contributed by atoms with Crippen LogP contribution in [-0.4, -0.2) is 28.3 Å². The lowest BCUT2D eigenvalue weighted by Gasteiger charge is -2.19. The van der Waals surface area contributed by atoms with Crippen LogP contribution in [0.15, 0.2) is 12.4 Å². The SMILES string of the molecule is CCCn1ccnc1CC(CCC(F)(F)F)NCC. The van der Waals surface area contributed by atoms with Gasteiger partial charge in [-0.15, -0.1) is 0 Å². The highest BCUT2D eigenvalue weighted by atomic mass is 19.4. The molecule has 0 aliphatic rings. The van der Waals surface area contributed by atoms with Gasteiger partial charge >= 0.3 is 6.18 Å². The lowest BCUT2D eigenvalue weighted by Crippen LogP contribution is -2.33. The van der Waals surface area contributed by atoms with Crippen molar-refractivity contribution in [2.45, 2.75) is 58.3 Å². The highest BCUT2D eigenvalue weighted by Gasteiger charge is 2.28. The quantitative estimate of drug-likeness (QED) is 0.791. The van der Waals surface area contributed by atoms with E-state index in [-0.39, 0.29) is 12.5 Å². The fourth-order valence-corrected chi connectivity index (χ4v) is 2.10. The molecule has 110 valence electrons. The molecule has 0 radical (unpaired) electrons. The Morgan fingerprint density at radius 2 is 2.11 bits per heavy atom. The highest BCUT2D eigenvalue weighted by molar-refractivity contribution is 4.95. The van der Waals surface area contributed by atoms with Gasteiger partial charge in [-0.3, -0.25) is 0 Å². The maximum Gasteiger partial charge on any atom is 0.389 e. The predicted octanol–water partition coefficient (Wildman–Crippen LogP) is 3.16. The second kappa shape index (κ2) is 7.53. The number of halogens is 3. The van der Waals surface area contributed by atoms with Crippen LogP contribution >= 0.6 is 0 Å². The zero-order valence-electron chi connectivity index (χ0n) is 11.5. The number of rotatable bonds is 8. The number of likely N-dealkylation sites (N-methyl/N-ethyl adjacent to an activating group) is 1. The van der Waals surface area contributed by atoms with Gasteiger partial charge in [0.05, 0.1) is 0 Å². The Balaban J connectivity index is 2.59. The van der Waals surface area contributed by atoms with Crippen LogP contribution in [0.1, 0.15) is 38.9 Å².